The SMILES string of the molecule is Cc1cc(N2CCN(C)CC2)ccc1NC(=O)N[C@H](C)CN1CCOCC1. The van der Waals surface area contributed by atoms with E-state index in [0.29, 0.717) is 0 Å². The van der Waals surface area contributed by atoms with Crippen LogP contribution < -0.4 is 15.5 Å². The average Bonchev–Trinajstić information content (AvgIpc) is 2.64. The molecule has 2 fully saturated rings. The fourth-order valence-electron chi connectivity index (χ4n) is 3.65. The van der Waals surface area contributed by atoms with Gasteiger partial charge in [0.1, 0.15) is 0 Å². The molecule has 2 aliphatic heterocycles. The van der Waals surface area contributed by atoms with Gasteiger partial charge in [-0.2, -0.15) is 0 Å². The van der Waals surface area contributed by atoms with Gasteiger partial charge in [0.15, 0.2) is 0 Å². The fraction of sp³-hybridized carbons (Fsp3) is 0.650. The van der Waals surface area contributed by atoms with E-state index in [1.54, 1.807) is 0 Å². The number of morpholine rings is 1. The third-order valence-electron chi connectivity index (χ3n) is 5.34. The Bertz CT molecular complexity index is 625. The van der Waals surface area contributed by atoms with Crippen LogP contribution >= 0.6 is 0 Å². The van der Waals surface area contributed by atoms with Crippen LogP contribution in [0.2, 0.25) is 0 Å². The molecule has 150 valence electrons. The molecular formula is C20H33N5O2. The Balaban J connectivity index is 1.50. The largest absolute Gasteiger partial charge is 0.379 e. The highest BCUT2D eigenvalue weighted by atomic mass is 16.5. The lowest BCUT2D eigenvalue weighted by Crippen LogP contribution is -2.47. The Morgan fingerprint density at radius 1 is 1.15 bits per heavy atom. The summed E-state index contributed by atoms with van der Waals surface area (Å²) in [6.07, 6.45) is 0. The molecule has 0 bridgehead atoms. The maximum atomic E-state index is 12.4. The van der Waals surface area contributed by atoms with Gasteiger partial charge in [-0.3, -0.25) is 4.90 Å². The Kier molecular flexibility index (Phi) is 6.93. The average molecular weight is 376 g/mol. The number of nitrogens with zero attached hydrogens (tertiary/aromatic N) is 3. The Labute approximate surface area is 162 Å². The van der Waals surface area contributed by atoms with Crippen molar-refractivity contribution in [2.24, 2.45) is 0 Å². The predicted molar refractivity (Wildman–Crippen MR) is 110 cm³/mol. The maximum Gasteiger partial charge on any atom is 0.319 e. The standard InChI is InChI=1S/C20H33N5O2/c1-16-14-18(25-8-6-23(3)7-9-25)4-5-19(16)22-20(26)21-17(2)15-24-10-12-27-13-11-24/h4-5,14,17H,6-13,15H2,1-3H3,(H2,21,22,26)/t17-/m1/s1. The summed E-state index contributed by atoms with van der Waals surface area (Å²) in [5, 5.41) is 6.03. The van der Waals surface area contributed by atoms with Crippen LogP contribution in [0.3, 0.4) is 0 Å². The highest BCUT2D eigenvalue weighted by Gasteiger charge is 2.17. The highest BCUT2D eigenvalue weighted by Crippen LogP contribution is 2.23. The Morgan fingerprint density at radius 2 is 1.85 bits per heavy atom. The van der Waals surface area contributed by atoms with Crippen molar-refractivity contribution in [2.45, 2.75) is 19.9 Å². The van der Waals surface area contributed by atoms with Crippen LogP contribution in [0.4, 0.5) is 16.2 Å². The lowest BCUT2D eigenvalue weighted by molar-refractivity contribution is 0.0350. The van der Waals surface area contributed by atoms with Crippen LogP contribution in [0, 0.1) is 6.92 Å². The van der Waals surface area contributed by atoms with E-state index in [0.717, 1.165) is 70.3 Å². The zero-order valence-corrected chi connectivity index (χ0v) is 16.8. The van der Waals surface area contributed by atoms with Crippen LogP contribution in [0.1, 0.15) is 12.5 Å². The van der Waals surface area contributed by atoms with Gasteiger partial charge in [-0.05, 0) is 44.7 Å². The Hall–Kier alpha value is -1.83. The first-order chi connectivity index (χ1) is 13.0. The molecule has 2 saturated heterocycles. The first kappa shape index (κ1) is 19.9. The van der Waals surface area contributed by atoms with Crippen LogP contribution in [0.5, 0.6) is 0 Å². The molecule has 0 radical (unpaired) electrons. The topological polar surface area (TPSA) is 60.1 Å². The van der Waals surface area contributed by atoms with Gasteiger partial charge < -0.3 is 25.2 Å². The van der Waals surface area contributed by atoms with Gasteiger partial charge in [-0.1, -0.05) is 0 Å². The van der Waals surface area contributed by atoms with Crippen LogP contribution in [0.15, 0.2) is 18.2 Å². The maximum absolute atomic E-state index is 12.4. The summed E-state index contributed by atoms with van der Waals surface area (Å²) in [6.45, 7) is 12.6. The molecule has 2 heterocycles. The Morgan fingerprint density at radius 3 is 2.52 bits per heavy atom. The molecule has 1 atom stereocenters. The zero-order chi connectivity index (χ0) is 19.2. The number of nitrogens with one attached hydrogen (secondary N) is 2. The number of hydrogen-bond donors (Lipinski definition) is 2. The van der Waals surface area contributed by atoms with Gasteiger partial charge >= 0.3 is 6.03 Å². The van der Waals surface area contributed by atoms with Crippen molar-refractivity contribution in [2.75, 3.05) is 76.3 Å². The number of anilines is 2. The molecule has 3 rings (SSSR count). The number of piperazine rings is 1. The molecule has 7 heteroatoms. The van der Waals surface area contributed by atoms with Crippen LogP contribution in [-0.4, -0.2) is 87.9 Å². The van der Waals surface area contributed by atoms with Crippen molar-refractivity contribution in [3.63, 3.8) is 0 Å². The minimum absolute atomic E-state index is 0.0908. The summed E-state index contributed by atoms with van der Waals surface area (Å²) in [4.78, 5) is 19.4. The van der Waals surface area contributed by atoms with Crippen molar-refractivity contribution >= 4 is 17.4 Å². The van der Waals surface area contributed by atoms with Crippen molar-refractivity contribution in [1.82, 2.24) is 15.1 Å². The number of urea groups is 1. The monoisotopic (exact) mass is 375 g/mol. The third kappa shape index (κ3) is 5.82. The summed E-state index contributed by atoms with van der Waals surface area (Å²) in [5.74, 6) is 0. The third-order valence-corrected chi connectivity index (χ3v) is 5.34. The van der Waals surface area contributed by atoms with E-state index in [9.17, 15) is 4.79 Å². The summed E-state index contributed by atoms with van der Waals surface area (Å²) < 4.78 is 5.37. The smallest absolute Gasteiger partial charge is 0.319 e. The second kappa shape index (κ2) is 9.39. The molecule has 2 amide bonds. The number of ether oxygens (including phenoxy) is 1. The number of carbonyl (C=O) groups excluding carboxylic acids is 1. The summed E-state index contributed by atoms with van der Waals surface area (Å²) in [7, 11) is 2.16. The van der Waals surface area contributed by atoms with Crippen molar-refractivity contribution < 1.29 is 9.53 Å². The number of likely N-dealkylation sites (N-methyl/N-ethyl adjacent to an activating group) is 1. The first-order valence-electron chi connectivity index (χ1n) is 9.93. The van der Waals surface area contributed by atoms with E-state index in [4.69, 9.17) is 4.74 Å². The minimum Gasteiger partial charge on any atom is -0.379 e. The molecule has 0 unspecified atom stereocenters. The summed E-state index contributed by atoms with van der Waals surface area (Å²) in [5.41, 5.74) is 3.18. The number of carbonyl (C=O) groups is 1. The number of amides is 2. The van der Waals surface area contributed by atoms with E-state index in [1.807, 2.05) is 19.9 Å². The zero-order valence-electron chi connectivity index (χ0n) is 16.8. The van der Waals surface area contributed by atoms with Gasteiger partial charge in [0.25, 0.3) is 0 Å². The van der Waals surface area contributed by atoms with E-state index in [-0.39, 0.29) is 12.1 Å². The van der Waals surface area contributed by atoms with Gasteiger partial charge in [-0.25, -0.2) is 4.79 Å². The minimum atomic E-state index is -0.147. The van der Waals surface area contributed by atoms with Crippen LogP contribution in [-0.2, 0) is 4.74 Å². The second-order valence-corrected chi connectivity index (χ2v) is 7.70. The quantitative estimate of drug-likeness (QED) is 0.818. The van der Waals surface area contributed by atoms with E-state index in [2.05, 4.69) is 44.5 Å². The molecule has 1 aromatic carbocycles. The molecule has 0 aromatic heterocycles. The highest BCUT2D eigenvalue weighted by molar-refractivity contribution is 5.90. The molecule has 2 N–H and O–H groups in total. The molecule has 0 spiro atoms. The van der Waals surface area contributed by atoms with Gasteiger partial charge in [-0.15, -0.1) is 0 Å². The first-order valence-corrected chi connectivity index (χ1v) is 9.93. The van der Waals surface area contributed by atoms with E-state index in [1.165, 1.54) is 5.69 Å². The predicted octanol–water partition coefficient (Wildman–Crippen LogP) is 1.59. The fourth-order valence-corrected chi connectivity index (χ4v) is 3.65. The molecule has 1 aromatic rings. The molecule has 0 aliphatic carbocycles. The number of benzene rings is 1. The second-order valence-electron chi connectivity index (χ2n) is 7.70. The molecule has 0 saturated carbocycles. The summed E-state index contributed by atoms with van der Waals surface area (Å²) in [6, 6.07) is 6.22. The van der Waals surface area contributed by atoms with Crippen molar-refractivity contribution in [1.29, 1.82) is 0 Å². The van der Waals surface area contributed by atoms with E-state index >= 15 is 0 Å². The van der Waals surface area contributed by atoms with Crippen LogP contribution in [0.25, 0.3) is 0 Å². The molecule has 2 aliphatic rings. The normalized spacial score (nSPS) is 20.3. The summed E-state index contributed by atoms with van der Waals surface area (Å²) >= 11 is 0. The molecular weight excluding hydrogens is 342 g/mol. The number of hydrogen-bond acceptors (Lipinski definition) is 5. The van der Waals surface area contributed by atoms with E-state index < -0.39 is 0 Å². The molecule has 7 nitrogen and oxygen atoms in total. The van der Waals surface area contributed by atoms with Crippen molar-refractivity contribution in [3.8, 4) is 0 Å². The van der Waals surface area contributed by atoms with Gasteiger partial charge in [0, 0.05) is 63.2 Å². The van der Waals surface area contributed by atoms with Crippen molar-refractivity contribution in [3.05, 3.63) is 23.8 Å². The van der Waals surface area contributed by atoms with Gasteiger partial charge in [0.05, 0.1) is 13.2 Å². The number of rotatable bonds is 5. The lowest BCUT2D eigenvalue weighted by Gasteiger charge is -2.34. The van der Waals surface area contributed by atoms with Gasteiger partial charge in [0.2, 0.25) is 0 Å². The number of aryl methyl sites for hydroxylation is 1. The molecule has 27 heavy (non-hydrogen) atoms. The lowest BCUT2D eigenvalue weighted by atomic mass is 10.1.